The van der Waals surface area contributed by atoms with Crippen molar-refractivity contribution in [1.82, 2.24) is 0 Å². The number of aliphatic hydroxyl groups excluding tert-OH is 1. The maximum absolute atomic E-state index is 9.96. The highest BCUT2D eigenvalue weighted by Gasteiger charge is 2.60. The van der Waals surface area contributed by atoms with E-state index in [0.717, 1.165) is 25.7 Å². The van der Waals surface area contributed by atoms with Gasteiger partial charge in [-0.2, -0.15) is 0 Å². The number of fused-ring (bicyclic) bond motifs is 2. The Bertz CT molecular complexity index is 214. The third kappa shape index (κ3) is 1.08. The first-order valence-corrected chi connectivity index (χ1v) is 5.43. The summed E-state index contributed by atoms with van der Waals surface area (Å²) in [5, 5.41) is 9.96. The molecule has 2 heteroatoms. The predicted octanol–water partition coefficient (Wildman–Crippen LogP) is 2.11. The third-order valence-corrected chi connectivity index (χ3v) is 4.17. The molecule has 3 unspecified atom stereocenters. The zero-order valence-electron chi connectivity index (χ0n) is 8.84. The molecule has 2 saturated heterocycles. The number of aliphatic hydroxyl groups is 1. The van der Waals surface area contributed by atoms with Crippen molar-refractivity contribution in [3.8, 4) is 0 Å². The van der Waals surface area contributed by atoms with E-state index >= 15 is 0 Å². The molecule has 2 rings (SSSR count). The first-order chi connectivity index (χ1) is 6.05. The molecule has 2 bridgehead atoms. The maximum atomic E-state index is 9.96. The van der Waals surface area contributed by atoms with Gasteiger partial charge in [-0.05, 0) is 25.2 Å². The summed E-state index contributed by atoms with van der Waals surface area (Å²) in [6, 6.07) is 0. The van der Waals surface area contributed by atoms with Crippen molar-refractivity contribution in [2.24, 2.45) is 5.92 Å². The molecule has 0 aliphatic carbocycles. The quantitative estimate of drug-likeness (QED) is 0.712. The zero-order chi connectivity index (χ0) is 9.69. The van der Waals surface area contributed by atoms with E-state index in [9.17, 15) is 5.11 Å². The average molecular weight is 184 g/mol. The second-order valence-corrected chi connectivity index (χ2v) is 4.96. The van der Waals surface area contributed by atoms with Crippen LogP contribution in [-0.2, 0) is 4.74 Å². The lowest BCUT2D eigenvalue weighted by molar-refractivity contribution is -0.0923. The van der Waals surface area contributed by atoms with Crippen molar-refractivity contribution in [3.05, 3.63) is 0 Å². The van der Waals surface area contributed by atoms with Crippen LogP contribution in [0, 0.1) is 5.92 Å². The van der Waals surface area contributed by atoms with E-state index in [1.54, 1.807) is 0 Å². The van der Waals surface area contributed by atoms with Crippen molar-refractivity contribution >= 4 is 0 Å². The lowest BCUT2D eigenvalue weighted by Gasteiger charge is -2.29. The van der Waals surface area contributed by atoms with Crippen LogP contribution in [0.5, 0.6) is 0 Å². The summed E-state index contributed by atoms with van der Waals surface area (Å²) in [6.07, 6.45) is 3.74. The van der Waals surface area contributed by atoms with E-state index < -0.39 is 0 Å². The van der Waals surface area contributed by atoms with Crippen LogP contribution < -0.4 is 0 Å². The van der Waals surface area contributed by atoms with E-state index in [-0.39, 0.29) is 17.3 Å². The molecular weight excluding hydrogens is 164 g/mol. The standard InChI is InChI=1S/C11H20O2/c1-4-10-5-6-11(13-10,8(2)3)7-9(10)12/h8-9,12H,4-7H2,1-3H3. The number of ether oxygens (including phenoxy) is 1. The van der Waals surface area contributed by atoms with Gasteiger partial charge in [0.1, 0.15) is 0 Å². The van der Waals surface area contributed by atoms with Crippen molar-refractivity contribution in [2.45, 2.75) is 63.8 Å². The fraction of sp³-hybridized carbons (Fsp3) is 1.00. The Labute approximate surface area is 80.3 Å². The van der Waals surface area contributed by atoms with E-state index in [2.05, 4.69) is 20.8 Å². The van der Waals surface area contributed by atoms with Crippen LogP contribution in [0.25, 0.3) is 0 Å². The van der Waals surface area contributed by atoms with Gasteiger partial charge in [0, 0.05) is 6.42 Å². The van der Waals surface area contributed by atoms with Gasteiger partial charge in [-0.25, -0.2) is 0 Å². The molecule has 0 aromatic rings. The van der Waals surface area contributed by atoms with Crippen LogP contribution in [-0.4, -0.2) is 22.4 Å². The Hall–Kier alpha value is -0.0800. The summed E-state index contributed by atoms with van der Waals surface area (Å²) in [4.78, 5) is 0. The number of hydrogen-bond acceptors (Lipinski definition) is 2. The minimum absolute atomic E-state index is 0.00454. The van der Waals surface area contributed by atoms with E-state index in [4.69, 9.17) is 4.74 Å². The largest absolute Gasteiger partial charge is 0.390 e. The van der Waals surface area contributed by atoms with Crippen molar-refractivity contribution in [3.63, 3.8) is 0 Å². The molecule has 0 radical (unpaired) electrons. The molecule has 0 aromatic heterocycles. The predicted molar refractivity (Wildman–Crippen MR) is 51.5 cm³/mol. The van der Waals surface area contributed by atoms with Gasteiger partial charge in [-0.3, -0.25) is 0 Å². The van der Waals surface area contributed by atoms with Crippen LogP contribution in [0.1, 0.15) is 46.5 Å². The molecule has 0 saturated carbocycles. The summed E-state index contributed by atoms with van der Waals surface area (Å²) in [6.45, 7) is 6.51. The van der Waals surface area contributed by atoms with Crippen LogP contribution in [0.3, 0.4) is 0 Å². The average Bonchev–Trinajstić information content (AvgIpc) is 2.58. The minimum Gasteiger partial charge on any atom is -0.390 e. The van der Waals surface area contributed by atoms with Crippen molar-refractivity contribution < 1.29 is 9.84 Å². The molecule has 2 aliphatic heterocycles. The van der Waals surface area contributed by atoms with Gasteiger partial charge >= 0.3 is 0 Å². The van der Waals surface area contributed by atoms with Crippen molar-refractivity contribution in [1.29, 1.82) is 0 Å². The second kappa shape index (κ2) is 2.71. The summed E-state index contributed by atoms with van der Waals surface area (Å²) < 4.78 is 6.12. The molecule has 0 aromatic carbocycles. The molecule has 2 fully saturated rings. The lowest BCUT2D eigenvalue weighted by Crippen LogP contribution is -2.38. The molecule has 3 atom stereocenters. The Morgan fingerprint density at radius 1 is 1.46 bits per heavy atom. The smallest absolute Gasteiger partial charge is 0.0947 e. The van der Waals surface area contributed by atoms with Crippen LogP contribution in [0.4, 0.5) is 0 Å². The molecule has 13 heavy (non-hydrogen) atoms. The van der Waals surface area contributed by atoms with Crippen LogP contribution in [0.15, 0.2) is 0 Å². The lowest BCUT2D eigenvalue weighted by atomic mass is 9.74. The highest BCUT2D eigenvalue weighted by atomic mass is 16.6. The first-order valence-electron chi connectivity index (χ1n) is 5.43. The minimum atomic E-state index is -0.228. The van der Waals surface area contributed by atoms with Gasteiger partial charge < -0.3 is 9.84 Å². The summed E-state index contributed by atoms with van der Waals surface area (Å²) in [7, 11) is 0. The highest BCUT2D eigenvalue weighted by Crippen LogP contribution is 2.55. The zero-order valence-corrected chi connectivity index (χ0v) is 8.84. The normalized spacial score (nSPS) is 49.2. The van der Waals surface area contributed by atoms with Gasteiger partial charge in [0.2, 0.25) is 0 Å². The highest BCUT2D eigenvalue weighted by molar-refractivity contribution is 5.10. The van der Waals surface area contributed by atoms with Crippen LogP contribution >= 0.6 is 0 Å². The second-order valence-electron chi connectivity index (χ2n) is 4.96. The topological polar surface area (TPSA) is 29.5 Å². The van der Waals surface area contributed by atoms with Gasteiger partial charge in [0.15, 0.2) is 0 Å². The first kappa shape index (κ1) is 9.47. The molecule has 1 N–H and O–H groups in total. The maximum Gasteiger partial charge on any atom is 0.0947 e. The van der Waals surface area contributed by atoms with Crippen LogP contribution in [0.2, 0.25) is 0 Å². The molecule has 2 aliphatic rings. The molecule has 2 heterocycles. The Morgan fingerprint density at radius 2 is 2.15 bits per heavy atom. The van der Waals surface area contributed by atoms with E-state index in [0.29, 0.717) is 5.92 Å². The molecular formula is C11H20O2. The Morgan fingerprint density at radius 3 is 2.46 bits per heavy atom. The van der Waals surface area contributed by atoms with Gasteiger partial charge in [-0.15, -0.1) is 0 Å². The molecule has 2 nitrogen and oxygen atoms in total. The van der Waals surface area contributed by atoms with Gasteiger partial charge in [0.05, 0.1) is 17.3 Å². The Balaban J connectivity index is 2.24. The number of hydrogen-bond donors (Lipinski definition) is 1. The third-order valence-electron chi connectivity index (χ3n) is 4.17. The summed E-state index contributed by atoms with van der Waals surface area (Å²) >= 11 is 0. The van der Waals surface area contributed by atoms with E-state index in [1.807, 2.05) is 0 Å². The molecule has 0 spiro atoms. The fourth-order valence-electron chi connectivity index (χ4n) is 2.95. The van der Waals surface area contributed by atoms with Gasteiger partial charge in [-0.1, -0.05) is 20.8 Å². The Kier molecular flexibility index (Phi) is 1.97. The number of rotatable bonds is 2. The van der Waals surface area contributed by atoms with Gasteiger partial charge in [0.25, 0.3) is 0 Å². The summed E-state index contributed by atoms with van der Waals surface area (Å²) in [5.41, 5.74) is -0.195. The summed E-state index contributed by atoms with van der Waals surface area (Å²) in [5.74, 6) is 0.526. The molecule has 0 amide bonds. The monoisotopic (exact) mass is 184 g/mol. The van der Waals surface area contributed by atoms with E-state index in [1.165, 1.54) is 0 Å². The van der Waals surface area contributed by atoms with Crippen molar-refractivity contribution in [2.75, 3.05) is 0 Å². The fourth-order valence-corrected chi connectivity index (χ4v) is 2.95. The SMILES string of the molecule is CCC12CCC(C(C)C)(CC1O)O2. The molecule has 76 valence electrons.